The average molecular weight is 381 g/mol. The van der Waals surface area contributed by atoms with E-state index < -0.39 is 0 Å². The number of anilines is 2. The Morgan fingerprint density at radius 2 is 1.96 bits per heavy atom. The lowest BCUT2D eigenvalue weighted by molar-refractivity contribution is -0.383. The molecule has 2 fully saturated rings. The Balaban J connectivity index is 1.65. The SMILES string of the molecule is CC1(C)CC2CC(C)(CN2c2ncnc(NCc3ccccc3)c2[N+](=O)[O-])C1. The van der Waals surface area contributed by atoms with Crippen molar-refractivity contribution < 1.29 is 4.92 Å². The lowest BCUT2D eigenvalue weighted by Crippen LogP contribution is -2.35. The predicted molar refractivity (Wildman–Crippen MR) is 109 cm³/mol. The summed E-state index contributed by atoms with van der Waals surface area (Å²) in [5, 5.41) is 15.1. The monoisotopic (exact) mass is 381 g/mol. The summed E-state index contributed by atoms with van der Waals surface area (Å²) in [4.78, 5) is 22.3. The number of benzene rings is 1. The van der Waals surface area contributed by atoms with Gasteiger partial charge in [0.1, 0.15) is 6.33 Å². The molecule has 2 unspecified atom stereocenters. The lowest BCUT2D eigenvalue weighted by Gasteiger charge is -2.39. The van der Waals surface area contributed by atoms with Gasteiger partial charge in [-0.3, -0.25) is 10.1 Å². The van der Waals surface area contributed by atoms with Gasteiger partial charge in [-0.1, -0.05) is 51.1 Å². The van der Waals surface area contributed by atoms with E-state index in [1.54, 1.807) is 0 Å². The van der Waals surface area contributed by atoms with Crippen LogP contribution in [0.4, 0.5) is 17.3 Å². The zero-order valence-corrected chi connectivity index (χ0v) is 16.7. The number of nitrogens with one attached hydrogen (secondary N) is 1. The lowest BCUT2D eigenvalue weighted by atomic mass is 9.65. The van der Waals surface area contributed by atoms with Gasteiger partial charge in [0, 0.05) is 19.1 Å². The highest BCUT2D eigenvalue weighted by Gasteiger charge is 2.51. The minimum Gasteiger partial charge on any atom is -0.360 e. The molecular formula is C21H27N5O2. The third kappa shape index (κ3) is 3.53. The summed E-state index contributed by atoms with van der Waals surface area (Å²) in [6, 6.07) is 10.1. The van der Waals surface area contributed by atoms with Gasteiger partial charge < -0.3 is 10.2 Å². The van der Waals surface area contributed by atoms with Crippen molar-refractivity contribution in [2.24, 2.45) is 10.8 Å². The van der Waals surface area contributed by atoms with E-state index in [0.29, 0.717) is 12.4 Å². The van der Waals surface area contributed by atoms with E-state index in [1.807, 2.05) is 30.3 Å². The average Bonchev–Trinajstić information content (AvgIpc) is 2.89. The minimum atomic E-state index is -0.349. The molecule has 1 saturated carbocycles. The molecule has 2 bridgehead atoms. The molecule has 28 heavy (non-hydrogen) atoms. The van der Waals surface area contributed by atoms with E-state index >= 15 is 0 Å². The fourth-order valence-electron chi connectivity index (χ4n) is 5.37. The second kappa shape index (κ2) is 6.72. The number of nitrogens with zero attached hydrogens (tertiary/aromatic N) is 4. The minimum absolute atomic E-state index is 0.0209. The Bertz CT molecular complexity index is 886. The van der Waals surface area contributed by atoms with Crippen molar-refractivity contribution in [3.63, 3.8) is 0 Å². The van der Waals surface area contributed by atoms with Crippen LogP contribution in [0.5, 0.6) is 0 Å². The summed E-state index contributed by atoms with van der Waals surface area (Å²) in [5.74, 6) is 0.728. The summed E-state index contributed by atoms with van der Waals surface area (Å²) < 4.78 is 0. The Morgan fingerprint density at radius 1 is 1.21 bits per heavy atom. The van der Waals surface area contributed by atoms with Gasteiger partial charge >= 0.3 is 5.69 Å². The van der Waals surface area contributed by atoms with Crippen LogP contribution in [0.3, 0.4) is 0 Å². The van der Waals surface area contributed by atoms with E-state index in [2.05, 4.69) is 41.0 Å². The van der Waals surface area contributed by atoms with E-state index in [0.717, 1.165) is 31.4 Å². The smallest absolute Gasteiger partial charge is 0.353 e. The first-order chi connectivity index (χ1) is 13.3. The van der Waals surface area contributed by atoms with Gasteiger partial charge in [0.2, 0.25) is 11.6 Å². The molecule has 1 saturated heterocycles. The standard InChI is InChI=1S/C21H27N5O2/c1-20(2)9-16-10-21(3,12-20)13-25(16)19-17(26(27)28)18(23-14-24-19)22-11-15-7-5-4-6-8-15/h4-8,14,16H,9-13H2,1-3H3,(H,22,23,24). The van der Waals surface area contributed by atoms with Crippen molar-refractivity contribution >= 4 is 17.3 Å². The largest absolute Gasteiger partial charge is 0.360 e. The van der Waals surface area contributed by atoms with E-state index in [-0.39, 0.29) is 33.3 Å². The van der Waals surface area contributed by atoms with Gasteiger partial charge in [0.05, 0.1) is 4.92 Å². The first-order valence-electron chi connectivity index (χ1n) is 9.80. The first-order valence-corrected chi connectivity index (χ1v) is 9.80. The van der Waals surface area contributed by atoms with E-state index in [9.17, 15) is 10.1 Å². The van der Waals surface area contributed by atoms with E-state index in [4.69, 9.17) is 0 Å². The summed E-state index contributed by atoms with van der Waals surface area (Å²) in [5.41, 5.74) is 1.43. The quantitative estimate of drug-likeness (QED) is 0.610. The second-order valence-corrected chi connectivity index (χ2v) is 9.33. The van der Waals surface area contributed by atoms with Crippen molar-refractivity contribution in [2.45, 2.75) is 52.6 Å². The molecule has 1 aromatic heterocycles. The van der Waals surface area contributed by atoms with Crippen molar-refractivity contribution in [3.05, 3.63) is 52.3 Å². The van der Waals surface area contributed by atoms with Gasteiger partial charge in [-0.15, -0.1) is 0 Å². The molecule has 7 heteroatoms. The van der Waals surface area contributed by atoms with Crippen LogP contribution in [-0.2, 0) is 6.54 Å². The van der Waals surface area contributed by atoms with Gasteiger partial charge in [-0.25, -0.2) is 9.97 Å². The van der Waals surface area contributed by atoms with Crippen LogP contribution in [0.25, 0.3) is 0 Å². The molecule has 2 heterocycles. The fraction of sp³-hybridized carbons (Fsp3) is 0.524. The third-order valence-corrected chi connectivity index (χ3v) is 5.98. The summed E-state index contributed by atoms with van der Waals surface area (Å²) in [6.07, 6.45) is 4.65. The Kier molecular flexibility index (Phi) is 4.48. The number of nitro groups is 1. The number of aromatic nitrogens is 2. The Labute approximate surface area is 165 Å². The molecule has 2 aliphatic rings. The Hall–Kier alpha value is -2.70. The number of rotatable bonds is 5. The van der Waals surface area contributed by atoms with Crippen molar-refractivity contribution in [2.75, 3.05) is 16.8 Å². The molecule has 1 aromatic carbocycles. The topological polar surface area (TPSA) is 84.2 Å². The van der Waals surface area contributed by atoms with Crippen LogP contribution in [-0.4, -0.2) is 27.5 Å². The highest BCUT2D eigenvalue weighted by Crippen LogP contribution is 2.54. The molecular weight excluding hydrogens is 354 g/mol. The molecule has 4 rings (SSSR count). The molecule has 1 aliphatic heterocycles. The van der Waals surface area contributed by atoms with Crippen LogP contribution in [0.2, 0.25) is 0 Å². The summed E-state index contributed by atoms with van der Waals surface area (Å²) in [6.45, 7) is 8.16. The van der Waals surface area contributed by atoms with Crippen molar-refractivity contribution in [1.29, 1.82) is 0 Å². The molecule has 1 aliphatic carbocycles. The fourth-order valence-corrected chi connectivity index (χ4v) is 5.37. The van der Waals surface area contributed by atoms with Gasteiger partial charge in [0.15, 0.2) is 0 Å². The van der Waals surface area contributed by atoms with Gasteiger partial charge in [-0.2, -0.15) is 0 Å². The van der Waals surface area contributed by atoms with Crippen LogP contribution in [0.1, 0.15) is 45.6 Å². The maximum Gasteiger partial charge on any atom is 0.353 e. The van der Waals surface area contributed by atoms with E-state index in [1.165, 1.54) is 6.33 Å². The Morgan fingerprint density at radius 3 is 2.68 bits per heavy atom. The molecule has 148 valence electrons. The number of hydrogen-bond donors (Lipinski definition) is 1. The van der Waals surface area contributed by atoms with Gasteiger partial charge in [-0.05, 0) is 35.7 Å². The van der Waals surface area contributed by atoms with Crippen LogP contribution >= 0.6 is 0 Å². The first kappa shape index (κ1) is 18.7. The van der Waals surface area contributed by atoms with Crippen LogP contribution < -0.4 is 10.2 Å². The molecule has 2 aromatic rings. The highest BCUT2D eigenvalue weighted by molar-refractivity contribution is 5.71. The van der Waals surface area contributed by atoms with Crippen molar-refractivity contribution in [3.8, 4) is 0 Å². The molecule has 0 amide bonds. The molecule has 0 spiro atoms. The summed E-state index contributed by atoms with van der Waals surface area (Å²) >= 11 is 0. The summed E-state index contributed by atoms with van der Waals surface area (Å²) in [7, 11) is 0. The maximum absolute atomic E-state index is 12.0. The number of hydrogen-bond acceptors (Lipinski definition) is 6. The third-order valence-electron chi connectivity index (χ3n) is 5.98. The van der Waals surface area contributed by atoms with Crippen LogP contribution in [0.15, 0.2) is 36.7 Å². The molecule has 1 N–H and O–H groups in total. The second-order valence-electron chi connectivity index (χ2n) is 9.33. The molecule has 7 nitrogen and oxygen atoms in total. The maximum atomic E-state index is 12.0. The normalized spacial score (nSPS) is 25.5. The number of fused-ring (bicyclic) bond motifs is 2. The highest BCUT2D eigenvalue weighted by atomic mass is 16.6. The zero-order chi connectivity index (χ0) is 19.9. The molecule has 0 radical (unpaired) electrons. The molecule has 2 atom stereocenters. The van der Waals surface area contributed by atoms with Gasteiger partial charge in [0.25, 0.3) is 0 Å². The van der Waals surface area contributed by atoms with Crippen LogP contribution in [0, 0.1) is 20.9 Å². The predicted octanol–water partition coefficient (Wildman–Crippen LogP) is 4.40. The van der Waals surface area contributed by atoms with Crippen molar-refractivity contribution in [1.82, 2.24) is 9.97 Å². The zero-order valence-electron chi connectivity index (χ0n) is 16.7.